The van der Waals surface area contributed by atoms with E-state index in [1.807, 2.05) is 6.92 Å². The summed E-state index contributed by atoms with van der Waals surface area (Å²) in [6, 6.07) is 0.470. The van der Waals surface area contributed by atoms with Crippen LogP contribution in [0, 0.1) is 0 Å². The quantitative estimate of drug-likeness (QED) is 0.635. The normalized spacial score (nSPS) is 22.7. The van der Waals surface area contributed by atoms with Crippen molar-refractivity contribution in [3.8, 4) is 0 Å². The lowest BCUT2D eigenvalue weighted by molar-refractivity contribution is 0.641. The van der Waals surface area contributed by atoms with Crippen molar-refractivity contribution < 1.29 is 0 Å². The summed E-state index contributed by atoms with van der Waals surface area (Å²) < 4.78 is 0. The monoisotopic (exact) mass is 149 g/mol. The summed E-state index contributed by atoms with van der Waals surface area (Å²) in [5, 5.41) is 3.32. The van der Waals surface area contributed by atoms with Crippen LogP contribution >= 0.6 is 0 Å². The van der Waals surface area contributed by atoms with E-state index in [4.69, 9.17) is 0 Å². The highest BCUT2D eigenvalue weighted by molar-refractivity contribution is 5.23. The number of rotatable bonds is 2. The zero-order valence-electron chi connectivity index (χ0n) is 7.22. The van der Waals surface area contributed by atoms with E-state index in [9.17, 15) is 0 Å². The van der Waals surface area contributed by atoms with Crippen molar-refractivity contribution in [3.63, 3.8) is 0 Å². The van der Waals surface area contributed by atoms with Crippen LogP contribution in [0.1, 0.15) is 20.3 Å². The first-order chi connectivity index (χ1) is 5.20. The predicted molar refractivity (Wildman–Crippen MR) is 49.3 cm³/mol. The third kappa shape index (κ3) is 2.26. The molecule has 1 nitrogen and oxygen atoms in total. The van der Waals surface area contributed by atoms with Crippen LogP contribution in [-0.2, 0) is 0 Å². The standard InChI is InChI=1S/C10H15N/c1-8(2)11-10-7-5-4-6-9(10)3/h4-6,10-11H,1,7H2,2-3H3. The van der Waals surface area contributed by atoms with Gasteiger partial charge in [-0.2, -0.15) is 0 Å². The molecule has 0 aromatic rings. The summed E-state index contributed by atoms with van der Waals surface area (Å²) in [7, 11) is 0. The fraction of sp³-hybridized carbons (Fsp3) is 0.400. The molecule has 1 aliphatic carbocycles. The fourth-order valence-electron chi connectivity index (χ4n) is 1.21. The summed E-state index contributed by atoms with van der Waals surface area (Å²) in [6.07, 6.45) is 7.50. The Morgan fingerprint density at radius 3 is 3.00 bits per heavy atom. The number of hydrogen-bond acceptors (Lipinski definition) is 1. The van der Waals surface area contributed by atoms with Crippen LogP contribution in [-0.4, -0.2) is 6.04 Å². The molecule has 1 unspecified atom stereocenters. The van der Waals surface area contributed by atoms with Gasteiger partial charge in [-0.05, 0) is 20.3 Å². The Bertz CT molecular complexity index is 211. The van der Waals surface area contributed by atoms with Crippen LogP contribution in [0.5, 0.6) is 0 Å². The van der Waals surface area contributed by atoms with Crippen LogP contribution in [0.3, 0.4) is 0 Å². The smallest absolute Gasteiger partial charge is 0.0505 e. The minimum absolute atomic E-state index is 0.470. The SMILES string of the molecule is C=C(C)NC1CC=CC=C1C. The lowest BCUT2D eigenvalue weighted by Gasteiger charge is -2.21. The van der Waals surface area contributed by atoms with Gasteiger partial charge in [-0.3, -0.25) is 0 Å². The molecule has 0 saturated carbocycles. The number of hydrogen-bond donors (Lipinski definition) is 1. The Morgan fingerprint density at radius 2 is 2.45 bits per heavy atom. The second kappa shape index (κ2) is 3.42. The van der Waals surface area contributed by atoms with E-state index in [0.717, 1.165) is 12.1 Å². The van der Waals surface area contributed by atoms with Crippen molar-refractivity contribution in [2.75, 3.05) is 0 Å². The second-order valence-corrected chi connectivity index (χ2v) is 3.05. The third-order valence-corrected chi connectivity index (χ3v) is 1.84. The van der Waals surface area contributed by atoms with Crippen molar-refractivity contribution in [2.45, 2.75) is 26.3 Å². The first kappa shape index (κ1) is 8.12. The van der Waals surface area contributed by atoms with Crippen molar-refractivity contribution >= 4 is 0 Å². The largest absolute Gasteiger partial charge is 0.382 e. The van der Waals surface area contributed by atoms with Crippen molar-refractivity contribution in [2.24, 2.45) is 0 Å². The Morgan fingerprint density at radius 1 is 1.73 bits per heavy atom. The maximum Gasteiger partial charge on any atom is 0.0505 e. The number of allylic oxidation sites excluding steroid dienone is 3. The van der Waals surface area contributed by atoms with Gasteiger partial charge >= 0.3 is 0 Å². The fourth-order valence-corrected chi connectivity index (χ4v) is 1.21. The molecule has 11 heavy (non-hydrogen) atoms. The Hall–Kier alpha value is -0.980. The van der Waals surface area contributed by atoms with Crippen molar-refractivity contribution in [3.05, 3.63) is 36.1 Å². The predicted octanol–water partition coefficient (Wildman–Crippen LogP) is 2.38. The molecule has 0 fully saturated rings. The molecule has 0 aliphatic heterocycles. The van der Waals surface area contributed by atoms with E-state index in [0.29, 0.717) is 6.04 Å². The van der Waals surface area contributed by atoms with E-state index in [1.165, 1.54) is 5.57 Å². The van der Waals surface area contributed by atoms with Crippen LogP contribution in [0.25, 0.3) is 0 Å². The molecule has 0 amide bonds. The van der Waals surface area contributed by atoms with Gasteiger partial charge < -0.3 is 5.32 Å². The Balaban J connectivity index is 2.54. The lowest BCUT2D eigenvalue weighted by atomic mass is 10.0. The molecule has 1 N–H and O–H groups in total. The highest BCUT2D eigenvalue weighted by Gasteiger charge is 2.09. The average molecular weight is 149 g/mol. The molecule has 0 bridgehead atoms. The van der Waals surface area contributed by atoms with E-state index in [2.05, 4.69) is 37.0 Å². The molecule has 0 saturated heterocycles. The Kier molecular flexibility index (Phi) is 2.53. The molecule has 0 aromatic heterocycles. The van der Waals surface area contributed by atoms with Gasteiger partial charge in [-0.15, -0.1) is 0 Å². The van der Waals surface area contributed by atoms with Gasteiger partial charge in [0.15, 0.2) is 0 Å². The number of nitrogens with one attached hydrogen (secondary N) is 1. The van der Waals surface area contributed by atoms with Gasteiger partial charge in [0, 0.05) is 5.70 Å². The molecule has 0 spiro atoms. The summed E-state index contributed by atoms with van der Waals surface area (Å²) in [6.45, 7) is 7.96. The van der Waals surface area contributed by atoms with Gasteiger partial charge in [0.1, 0.15) is 0 Å². The first-order valence-corrected chi connectivity index (χ1v) is 3.95. The minimum atomic E-state index is 0.470. The average Bonchev–Trinajstić information content (AvgIpc) is 1.93. The van der Waals surface area contributed by atoms with Crippen LogP contribution in [0.4, 0.5) is 0 Å². The van der Waals surface area contributed by atoms with E-state index in [-0.39, 0.29) is 0 Å². The second-order valence-electron chi connectivity index (χ2n) is 3.05. The van der Waals surface area contributed by atoms with Gasteiger partial charge in [0.2, 0.25) is 0 Å². The minimum Gasteiger partial charge on any atom is -0.382 e. The molecular formula is C10H15N. The zero-order valence-corrected chi connectivity index (χ0v) is 7.22. The molecule has 1 rings (SSSR count). The van der Waals surface area contributed by atoms with Crippen molar-refractivity contribution in [1.82, 2.24) is 5.32 Å². The van der Waals surface area contributed by atoms with E-state index < -0.39 is 0 Å². The first-order valence-electron chi connectivity index (χ1n) is 3.95. The molecule has 1 atom stereocenters. The van der Waals surface area contributed by atoms with E-state index in [1.54, 1.807) is 0 Å². The molecule has 1 aliphatic rings. The van der Waals surface area contributed by atoms with Crippen LogP contribution in [0.2, 0.25) is 0 Å². The van der Waals surface area contributed by atoms with Crippen LogP contribution < -0.4 is 5.32 Å². The molecule has 0 aromatic carbocycles. The van der Waals surface area contributed by atoms with Gasteiger partial charge in [-0.25, -0.2) is 0 Å². The highest BCUT2D eigenvalue weighted by Crippen LogP contribution is 2.12. The van der Waals surface area contributed by atoms with Gasteiger partial charge in [-0.1, -0.05) is 30.4 Å². The molecular weight excluding hydrogens is 134 g/mol. The Labute approximate surface area is 68.5 Å². The van der Waals surface area contributed by atoms with E-state index >= 15 is 0 Å². The maximum atomic E-state index is 3.82. The molecule has 0 radical (unpaired) electrons. The van der Waals surface area contributed by atoms with Crippen LogP contribution in [0.15, 0.2) is 36.1 Å². The molecule has 60 valence electrons. The van der Waals surface area contributed by atoms with Gasteiger partial charge in [0.05, 0.1) is 6.04 Å². The zero-order chi connectivity index (χ0) is 8.27. The molecule has 0 heterocycles. The summed E-state index contributed by atoms with van der Waals surface area (Å²) in [5.74, 6) is 0. The summed E-state index contributed by atoms with van der Waals surface area (Å²) >= 11 is 0. The third-order valence-electron chi connectivity index (χ3n) is 1.84. The lowest BCUT2D eigenvalue weighted by Crippen LogP contribution is -2.28. The summed E-state index contributed by atoms with van der Waals surface area (Å²) in [4.78, 5) is 0. The van der Waals surface area contributed by atoms with Gasteiger partial charge in [0.25, 0.3) is 0 Å². The molecule has 1 heteroatoms. The highest BCUT2D eigenvalue weighted by atomic mass is 14.9. The van der Waals surface area contributed by atoms with Crippen molar-refractivity contribution in [1.29, 1.82) is 0 Å². The summed E-state index contributed by atoms with van der Waals surface area (Å²) in [5.41, 5.74) is 2.42. The topological polar surface area (TPSA) is 12.0 Å². The maximum absolute atomic E-state index is 3.82.